The van der Waals surface area contributed by atoms with Gasteiger partial charge in [0.2, 0.25) is 10.0 Å². The highest BCUT2D eigenvalue weighted by atomic mass is 32.2. The summed E-state index contributed by atoms with van der Waals surface area (Å²) < 4.78 is 48.2. The quantitative estimate of drug-likeness (QED) is 0.519. The minimum Gasteiger partial charge on any atom is -0.360 e. The van der Waals surface area contributed by atoms with E-state index < -0.39 is 10.0 Å². The van der Waals surface area contributed by atoms with Gasteiger partial charge in [-0.1, -0.05) is 23.2 Å². The van der Waals surface area contributed by atoms with Crippen LogP contribution < -0.4 is 0 Å². The van der Waals surface area contributed by atoms with Crippen LogP contribution in [0.4, 0.5) is 4.39 Å². The van der Waals surface area contributed by atoms with Crippen molar-refractivity contribution in [3.63, 3.8) is 0 Å². The van der Waals surface area contributed by atoms with Crippen molar-refractivity contribution >= 4 is 10.0 Å². The summed E-state index contributed by atoms with van der Waals surface area (Å²) in [5, 5.41) is 8.41. The molecule has 9 heteroatoms. The second kappa shape index (κ2) is 7.92. The van der Waals surface area contributed by atoms with Crippen LogP contribution in [-0.4, -0.2) is 41.3 Å². The number of nitrogens with zero attached hydrogens (tertiary/aromatic N) is 4. The Hall–Kier alpha value is -2.78. The van der Waals surface area contributed by atoms with E-state index in [2.05, 4.69) is 17.2 Å². The third kappa shape index (κ3) is 3.54. The molecule has 0 amide bonds. The van der Waals surface area contributed by atoms with Crippen LogP contribution in [0.5, 0.6) is 0 Å². The summed E-state index contributed by atoms with van der Waals surface area (Å²) in [7, 11) is -2.06. The zero-order valence-electron chi connectivity index (χ0n) is 19.2. The SMILES string of the molecule is Cc1noc(C)c1S(=O)(=O)N(C)C[C@H]1CCC2=C1[C@@H](C)c1cnn(-c3ccc(F)cc3)c1C2. The fourth-order valence-corrected chi connectivity index (χ4v) is 6.98. The average molecular weight is 471 g/mol. The monoisotopic (exact) mass is 470 g/mol. The average Bonchev–Trinajstić information content (AvgIpc) is 3.46. The Morgan fingerprint density at radius 1 is 1.24 bits per heavy atom. The maximum atomic E-state index is 13.4. The van der Waals surface area contributed by atoms with Crippen molar-refractivity contribution < 1.29 is 17.3 Å². The molecule has 2 heterocycles. The minimum atomic E-state index is -3.69. The van der Waals surface area contributed by atoms with Crippen molar-refractivity contribution in [2.24, 2.45) is 5.92 Å². The van der Waals surface area contributed by atoms with Gasteiger partial charge in [0.15, 0.2) is 5.76 Å². The molecule has 0 unspecified atom stereocenters. The number of hydrogen-bond donors (Lipinski definition) is 0. The van der Waals surface area contributed by atoms with E-state index in [1.54, 1.807) is 33.0 Å². The van der Waals surface area contributed by atoms with Crippen molar-refractivity contribution in [1.82, 2.24) is 19.2 Å². The summed E-state index contributed by atoms with van der Waals surface area (Å²) in [6.45, 7) is 5.86. The van der Waals surface area contributed by atoms with Gasteiger partial charge in [0.05, 0.1) is 17.6 Å². The van der Waals surface area contributed by atoms with Gasteiger partial charge < -0.3 is 4.52 Å². The third-order valence-electron chi connectivity index (χ3n) is 7.04. The molecule has 0 saturated heterocycles. The second-order valence-electron chi connectivity index (χ2n) is 9.07. The summed E-state index contributed by atoms with van der Waals surface area (Å²) >= 11 is 0. The number of fused-ring (bicyclic) bond motifs is 1. The number of sulfonamides is 1. The molecule has 33 heavy (non-hydrogen) atoms. The van der Waals surface area contributed by atoms with E-state index in [1.807, 2.05) is 10.9 Å². The molecule has 2 atom stereocenters. The Labute approximate surface area is 192 Å². The zero-order chi connectivity index (χ0) is 23.5. The maximum Gasteiger partial charge on any atom is 0.248 e. The molecule has 0 spiro atoms. The molecular weight excluding hydrogens is 443 g/mol. The lowest BCUT2D eigenvalue weighted by molar-refractivity contribution is 0.386. The number of benzene rings is 1. The summed E-state index contributed by atoms with van der Waals surface area (Å²) in [5.74, 6) is 0.347. The number of allylic oxidation sites excluding steroid dienone is 1. The fourth-order valence-electron chi connectivity index (χ4n) is 5.48. The molecular formula is C24H27FN4O3S. The van der Waals surface area contributed by atoms with Crippen molar-refractivity contribution in [2.75, 3.05) is 13.6 Å². The van der Waals surface area contributed by atoms with Gasteiger partial charge in [0.25, 0.3) is 0 Å². The standard InChI is InChI=1S/C24H27FN4O3S/c1-14-21-12-26-29(20-9-7-19(25)8-10-20)22(21)11-17-5-6-18(23(14)17)13-28(4)33(30,31)24-15(2)27-32-16(24)3/h7-10,12,14,18H,5-6,11,13H2,1-4H3/t14-,18+/m0/s1. The van der Waals surface area contributed by atoms with E-state index in [4.69, 9.17) is 4.52 Å². The van der Waals surface area contributed by atoms with E-state index >= 15 is 0 Å². The van der Waals surface area contributed by atoms with Gasteiger partial charge in [-0.15, -0.1) is 0 Å². The topological polar surface area (TPSA) is 81.2 Å². The highest BCUT2D eigenvalue weighted by Gasteiger charge is 2.38. The number of aromatic nitrogens is 3. The summed E-state index contributed by atoms with van der Waals surface area (Å²) in [4.78, 5) is 0.164. The maximum absolute atomic E-state index is 13.4. The second-order valence-corrected chi connectivity index (χ2v) is 11.0. The first kappa shape index (κ1) is 22.0. The molecule has 174 valence electrons. The van der Waals surface area contributed by atoms with Gasteiger partial charge in [-0.25, -0.2) is 21.8 Å². The van der Waals surface area contributed by atoms with Crippen molar-refractivity contribution in [3.8, 4) is 5.69 Å². The molecule has 0 bridgehead atoms. The Kier molecular flexibility index (Phi) is 5.29. The molecule has 2 aliphatic carbocycles. The molecule has 7 nitrogen and oxygen atoms in total. The predicted molar refractivity (Wildman–Crippen MR) is 121 cm³/mol. The Bertz CT molecular complexity index is 1340. The van der Waals surface area contributed by atoms with Crippen LogP contribution in [0.3, 0.4) is 0 Å². The van der Waals surface area contributed by atoms with Gasteiger partial charge >= 0.3 is 0 Å². The summed E-state index contributed by atoms with van der Waals surface area (Å²) in [6, 6.07) is 6.37. The van der Waals surface area contributed by atoms with Crippen LogP contribution in [0.2, 0.25) is 0 Å². The number of halogens is 1. The van der Waals surface area contributed by atoms with E-state index in [9.17, 15) is 12.8 Å². The van der Waals surface area contributed by atoms with Gasteiger partial charge in [-0.2, -0.15) is 5.10 Å². The first-order valence-electron chi connectivity index (χ1n) is 11.1. The predicted octanol–water partition coefficient (Wildman–Crippen LogP) is 4.30. The van der Waals surface area contributed by atoms with Gasteiger partial charge in [0, 0.05) is 31.5 Å². The highest BCUT2D eigenvalue weighted by Crippen LogP contribution is 2.47. The molecule has 0 fully saturated rings. The Balaban J connectivity index is 1.41. The van der Waals surface area contributed by atoms with Crippen LogP contribution in [0.25, 0.3) is 5.69 Å². The molecule has 2 aromatic heterocycles. The lowest BCUT2D eigenvalue weighted by atomic mass is 9.80. The van der Waals surface area contributed by atoms with Crippen molar-refractivity contribution in [2.45, 2.75) is 50.8 Å². The number of hydrogen-bond acceptors (Lipinski definition) is 5. The summed E-state index contributed by atoms with van der Waals surface area (Å²) in [6.07, 6.45) is 4.54. The molecule has 5 rings (SSSR count). The number of aryl methyl sites for hydroxylation is 2. The van der Waals surface area contributed by atoms with Gasteiger partial charge in [-0.3, -0.25) is 0 Å². The fraction of sp³-hybridized carbons (Fsp3) is 0.417. The Morgan fingerprint density at radius 2 is 1.97 bits per heavy atom. The normalized spacial score (nSPS) is 20.4. The first-order valence-corrected chi connectivity index (χ1v) is 12.6. The molecule has 3 aromatic rings. The molecule has 0 N–H and O–H groups in total. The summed E-state index contributed by atoms with van der Waals surface area (Å²) in [5.41, 5.74) is 6.21. The van der Waals surface area contributed by atoms with E-state index in [0.29, 0.717) is 18.0 Å². The van der Waals surface area contributed by atoms with E-state index in [-0.39, 0.29) is 22.5 Å². The molecule has 0 aliphatic heterocycles. The third-order valence-corrected chi connectivity index (χ3v) is 9.11. The largest absolute Gasteiger partial charge is 0.360 e. The molecule has 1 aromatic carbocycles. The highest BCUT2D eigenvalue weighted by molar-refractivity contribution is 7.89. The zero-order valence-corrected chi connectivity index (χ0v) is 20.0. The van der Waals surface area contributed by atoms with Crippen LogP contribution in [-0.2, 0) is 16.4 Å². The van der Waals surface area contributed by atoms with Crippen LogP contribution in [0, 0.1) is 25.6 Å². The number of rotatable bonds is 5. The molecule has 2 aliphatic rings. The van der Waals surface area contributed by atoms with E-state index in [0.717, 1.165) is 36.2 Å². The van der Waals surface area contributed by atoms with Gasteiger partial charge in [-0.05, 0) is 56.9 Å². The molecule has 0 saturated carbocycles. The van der Waals surface area contributed by atoms with Crippen LogP contribution in [0.1, 0.15) is 48.4 Å². The van der Waals surface area contributed by atoms with E-state index in [1.165, 1.54) is 27.6 Å². The van der Waals surface area contributed by atoms with Crippen molar-refractivity contribution in [3.05, 3.63) is 70.1 Å². The first-order chi connectivity index (χ1) is 15.7. The molecule has 0 radical (unpaired) electrons. The lowest BCUT2D eigenvalue weighted by Crippen LogP contribution is -2.33. The van der Waals surface area contributed by atoms with Gasteiger partial charge in [0.1, 0.15) is 16.4 Å². The lowest BCUT2D eigenvalue weighted by Gasteiger charge is -2.29. The Morgan fingerprint density at radius 3 is 2.64 bits per heavy atom. The van der Waals surface area contributed by atoms with Crippen LogP contribution in [0.15, 0.2) is 51.0 Å². The van der Waals surface area contributed by atoms with Crippen LogP contribution >= 0.6 is 0 Å². The smallest absolute Gasteiger partial charge is 0.248 e. The van der Waals surface area contributed by atoms with Crippen molar-refractivity contribution in [1.29, 1.82) is 0 Å². The minimum absolute atomic E-state index is 0.151.